The predicted octanol–water partition coefficient (Wildman–Crippen LogP) is 5.55. The van der Waals surface area contributed by atoms with Gasteiger partial charge in [-0.2, -0.15) is 0 Å². The van der Waals surface area contributed by atoms with Crippen LogP contribution in [0.25, 0.3) is 22.2 Å². The van der Waals surface area contributed by atoms with Crippen molar-refractivity contribution in [2.45, 2.75) is 6.92 Å². The second-order valence-corrected chi connectivity index (χ2v) is 8.63. The summed E-state index contributed by atoms with van der Waals surface area (Å²) in [4.78, 5) is 27.6. The largest absolute Gasteiger partial charge is 0.497 e. The average molecular weight is 580 g/mol. The first kappa shape index (κ1) is 31.3. The number of nitrogens with zero attached hydrogens (tertiary/aromatic N) is 1. The standard InChI is InChI=1S/C20H19NO6.C11H14O4/c1-24-12-5-6-15-13(9-12)14(20(22)23)10-16(21-15)11-7-17(25-2)19(27-4)18(8-11)26-3;1-7(12)8-5-9(13-2)11(15-4)10(6-8)14-3/h5-10H,1-4H3,(H,22,23);5-6H,1-4H3. The van der Waals surface area contributed by atoms with Crippen LogP contribution in [0.1, 0.15) is 27.6 Å². The fraction of sp³-hybridized carbons (Fsp3) is 0.258. The van der Waals surface area contributed by atoms with Gasteiger partial charge in [0.15, 0.2) is 28.8 Å². The van der Waals surface area contributed by atoms with Crippen LogP contribution in [0.4, 0.5) is 0 Å². The van der Waals surface area contributed by atoms with Crippen molar-refractivity contribution in [3.05, 3.63) is 59.7 Å². The van der Waals surface area contributed by atoms with Gasteiger partial charge in [0, 0.05) is 16.5 Å². The van der Waals surface area contributed by atoms with Crippen molar-refractivity contribution in [3.8, 4) is 51.5 Å². The first-order valence-electron chi connectivity index (χ1n) is 12.5. The summed E-state index contributed by atoms with van der Waals surface area (Å²) >= 11 is 0. The number of hydrogen-bond donors (Lipinski definition) is 1. The zero-order chi connectivity index (χ0) is 31.0. The Bertz CT molecular complexity index is 1550. The van der Waals surface area contributed by atoms with Gasteiger partial charge in [0.05, 0.1) is 66.5 Å². The number of carboxylic acids is 1. The number of carbonyl (C=O) groups is 2. The molecule has 4 aromatic rings. The summed E-state index contributed by atoms with van der Waals surface area (Å²) in [5.41, 5.74) is 2.32. The third kappa shape index (κ3) is 6.57. The zero-order valence-corrected chi connectivity index (χ0v) is 24.7. The van der Waals surface area contributed by atoms with Crippen molar-refractivity contribution < 1.29 is 47.9 Å². The zero-order valence-electron chi connectivity index (χ0n) is 24.7. The number of fused-ring (bicyclic) bond motifs is 1. The molecule has 0 fully saturated rings. The molecule has 1 aromatic heterocycles. The maximum atomic E-state index is 11.8. The number of hydrogen-bond acceptors (Lipinski definition) is 10. The molecule has 4 rings (SSSR count). The van der Waals surface area contributed by atoms with Gasteiger partial charge in [-0.25, -0.2) is 9.78 Å². The van der Waals surface area contributed by atoms with Gasteiger partial charge >= 0.3 is 5.97 Å². The molecule has 0 radical (unpaired) electrons. The first-order valence-corrected chi connectivity index (χ1v) is 12.5. The number of pyridine rings is 1. The summed E-state index contributed by atoms with van der Waals surface area (Å²) in [6.07, 6.45) is 0. The van der Waals surface area contributed by atoms with E-state index >= 15 is 0 Å². The van der Waals surface area contributed by atoms with Crippen molar-refractivity contribution in [1.82, 2.24) is 4.98 Å². The van der Waals surface area contributed by atoms with E-state index in [9.17, 15) is 14.7 Å². The van der Waals surface area contributed by atoms with Crippen LogP contribution in [-0.4, -0.2) is 71.6 Å². The topological polar surface area (TPSA) is 132 Å². The number of benzene rings is 3. The number of rotatable bonds is 10. The summed E-state index contributed by atoms with van der Waals surface area (Å²) in [6, 6.07) is 13.3. The number of ether oxygens (including phenoxy) is 7. The molecule has 0 spiro atoms. The van der Waals surface area contributed by atoms with E-state index in [1.54, 1.807) is 42.5 Å². The Labute approximate surface area is 243 Å². The third-order valence-electron chi connectivity index (χ3n) is 6.28. The lowest BCUT2D eigenvalue weighted by Gasteiger charge is -2.15. The maximum Gasteiger partial charge on any atom is 0.336 e. The summed E-state index contributed by atoms with van der Waals surface area (Å²) in [6.45, 7) is 1.49. The molecule has 3 aromatic carbocycles. The normalized spacial score (nSPS) is 10.2. The van der Waals surface area contributed by atoms with Crippen molar-refractivity contribution in [2.24, 2.45) is 0 Å². The van der Waals surface area contributed by atoms with Gasteiger partial charge in [-0.05, 0) is 55.5 Å². The summed E-state index contributed by atoms with van der Waals surface area (Å²) in [7, 11) is 10.6. The second-order valence-electron chi connectivity index (χ2n) is 8.63. The highest BCUT2D eigenvalue weighted by Gasteiger charge is 2.18. The number of carbonyl (C=O) groups excluding carboxylic acids is 1. The number of methoxy groups -OCH3 is 7. The summed E-state index contributed by atoms with van der Waals surface area (Å²) in [5, 5.41) is 10.2. The Kier molecular flexibility index (Phi) is 10.4. The lowest BCUT2D eigenvalue weighted by molar-refractivity contribution is 0.0698. The quantitative estimate of drug-likeness (QED) is 0.237. The number of aromatic nitrogens is 1. The van der Waals surface area contributed by atoms with Crippen LogP contribution >= 0.6 is 0 Å². The van der Waals surface area contributed by atoms with E-state index in [1.165, 1.54) is 62.8 Å². The molecular weight excluding hydrogens is 546 g/mol. The Morgan fingerprint density at radius 3 is 1.55 bits per heavy atom. The van der Waals surface area contributed by atoms with Gasteiger partial charge in [-0.15, -0.1) is 0 Å². The molecule has 0 amide bonds. The van der Waals surface area contributed by atoms with Gasteiger partial charge in [0.2, 0.25) is 11.5 Å². The number of Topliss-reactive ketones (excluding diaryl/α,β-unsaturated/α-hetero) is 1. The van der Waals surface area contributed by atoms with Crippen molar-refractivity contribution in [2.75, 3.05) is 49.8 Å². The van der Waals surface area contributed by atoms with E-state index in [4.69, 9.17) is 33.2 Å². The molecule has 1 N–H and O–H groups in total. The van der Waals surface area contributed by atoms with Gasteiger partial charge < -0.3 is 38.3 Å². The highest BCUT2D eigenvalue weighted by molar-refractivity contribution is 6.04. The molecule has 11 nitrogen and oxygen atoms in total. The van der Waals surface area contributed by atoms with E-state index in [2.05, 4.69) is 4.98 Å². The predicted molar refractivity (Wildman–Crippen MR) is 156 cm³/mol. The number of ketones is 1. The van der Waals surface area contributed by atoms with Crippen LogP contribution in [0.5, 0.6) is 40.2 Å². The molecule has 0 saturated heterocycles. The molecule has 11 heteroatoms. The maximum absolute atomic E-state index is 11.8. The van der Waals surface area contributed by atoms with Crippen LogP contribution in [0.15, 0.2) is 48.5 Å². The van der Waals surface area contributed by atoms with Crippen LogP contribution in [0.2, 0.25) is 0 Å². The van der Waals surface area contributed by atoms with Crippen LogP contribution in [0, 0.1) is 0 Å². The van der Waals surface area contributed by atoms with Crippen LogP contribution < -0.4 is 33.2 Å². The smallest absolute Gasteiger partial charge is 0.336 e. The van der Waals surface area contributed by atoms with Crippen LogP contribution in [-0.2, 0) is 0 Å². The number of aromatic carboxylic acids is 1. The Hall–Kier alpha value is -5.19. The van der Waals surface area contributed by atoms with Crippen molar-refractivity contribution in [1.29, 1.82) is 0 Å². The van der Waals surface area contributed by atoms with E-state index in [1.807, 2.05) is 0 Å². The lowest BCUT2D eigenvalue weighted by atomic mass is 10.0. The first-order chi connectivity index (χ1) is 20.1. The Morgan fingerprint density at radius 2 is 1.14 bits per heavy atom. The minimum Gasteiger partial charge on any atom is -0.497 e. The third-order valence-corrected chi connectivity index (χ3v) is 6.28. The van der Waals surface area contributed by atoms with E-state index in [-0.39, 0.29) is 11.3 Å². The molecule has 0 aliphatic rings. The fourth-order valence-electron chi connectivity index (χ4n) is 4.17. The number of carboxylic acid groups (broad SMARTS) is 1. The highest BCUT2D eigenvalue weighted by atomic mass is 16.5. The molecular formula is C31H33NO10. The molecule has 0 bridgehead atoms. The van der Waals surface area contributed by atoms with Crippen molar-refractivity contribution >= 4 is 22.7 Å². The fourth-order valence-corrected chi connectivity index (χ4v) is 4.17. The van der Waals surface area contributed by atoms with Gasteiger partial charge in [-0.1, -0.05) is 0 Å². The van der Waals surface area contributed by atoms with Crippen molar-refractivity contribution in [3.63, 3.8) is 0 Å². The Balaban J connectivity index is 0.000000274. The highest BCUT2D eigenvalue weighted by Crippen LogP contribution is 2.41. The molecule has 1 heterocycles. The average Bonchev–Trinajstić information content (AvgIpc) is 3.02. The van der Waals surface area contributed by atoms with Gasteiger partial charge in [0.1, 0.15) is 5.75 Å². The molecule has 42 heavy (non-hydrogen) atoms. The van der Waals surface area contributed by atoms with Gasteiger partial charge in [-0.3, -0.25) is 4.79 Å². The summed E-state index contributed by atoms with van der Waals surface area (Å²) in [5.74, 6) is 2.30. The van der Waals surface area contributed by atoms with Crippen LogP contribution in [0.3, 0.4) is 0 Å². The second kappa shape index (κ2) is 13.9. The van der Waals surface area contributed by atoms with E-state index < -0.39 is 5.97 Å². The van der Waals surface area contributed by atoms with E-state index in [0.29, 0.717) is 68.0 Å². The Morgan fingerprint density at radius 1 is 0.643 bits per heavy atom. The monoisotopic (exact) mass is 579 g/mol. The minimum atomic E-state index is -1.05. The SMILES string of the molecule is COc1cc(C(C)=O)cc(OC)c1OC.COc1ccc2nc(-c3cc(OC)c(OC)c(OC)c3)cc(C(=O)O)c2c1. The molecule has 0 unspecified atom stereocenters. The van der Waals surface area contributed by atoms with Gasteiger partial charge in [0.25, 0.3) is 0 Å². The molecule has 0 saturated carbocycles. The summed E-state index contributed by atoms with van der Waals surface area (Å²) < 4.78 is 36.6. The lowest BCUT2D eigenvalue weighted by Crippen LogP contribution is -2.01. The minimum absolute atomic E-state index is 0.0470. The molecule has 0 atom stereocenters. The molecule has 0 aliphatic carbocycles. The molecule has 222 valence electrons. The molecule has 0 aliphatic heterocycles. The van der Waals surface area contributed by atoms with E-state index in [0.717, 1.165) is 0 Å².